The van der Waals surface area contributed by atoms with Crippen LogP contribution in [0.3, 0.4) is 0 Å². The predicted octanol–water partition coefficient (Wildman–Crippen LogP) is 2.20. The number of hydrogen-bond donors (Lipinski definition) is 3. The van der Waals surface area contributed by atoms with Crippen molar-refractivity contribution in [3.63, 3.8) is 0 Å². The highest BCUT2D eigenvalue weighted by atomic mass is 32.1. The zero-order valence-corrected chi connectivity index (χ0v) is 19.2. The number of pyridine rings is 1. The number of nitrogens with one attached hydrogen (secondary N) is 2. The van der Waals surface area contributed by atoms with E-state index in [0.29, 0.717) is 63.4 Å². The van der Waals surface area contributed by atoms with E-state index in [9.17, 15) is 4.79 Å². The summed E-state index contributed by atoms with van der Waals surface area (Å²) in [6.07, 6.45) is 4.55. The summed E-state index contributed by atoms with van der Waals surface area (Å²) in [6.45, 7) is 4.70. The fraction of sp³-hybridized carbons (Fsp3) is 0.478. The van der Waals surface area contributed by atoms with E-state index in [1.807, 2.05) is 0 Å². The maximum atomic E-state index is 15.2. The number of aromatic nitrogens is 3. The molecule has 8 nitrogen and oxygen atoms in total. The van der Waals surface area contributed by atoms with Crippen molar-refractivity contribution in [2.24, 2.45) is 5.92 Å². The number of anilines is 2. The summed E-state index contributed by atoms with van der Waals surface area (Å²) in [5, 5.41) is 7.17. The van der Waals surface area contributed by atoms with E-state index in [1.54, 1.807) is 19.2 Å². The minimum absolute atomic E-state index is 0.167. The first kappa shape index (κ1) is 20.7. The summed E-state index contributed by atoms with van der Waals surface area (Å²) in [5.74, 6) is 1.54. The number of hydrogen-bond acceptors (Lipinski definition) is 8. The molecule has 3 aromatic rings. The third-order valence-electron chi connectivity index (χ3n) is 7.21. The molecule has 0 spiro atoms. The lowest BCUT2D eigenvalue weighted by Crippen LogP contribution is -2.40. The van der Waals surface area contributed by atoms with Gasteiger partial charge >= 0.3 is 0 Å². The number of fused-ring (bicyclic) bond motifs is 3. The van der Waals surface area contributed by atoms with Crippen LogP contribution in [0.15, 0.2) is 12.3 Å². The molecule has 2 saturated heterocycles. The van der Waals surface area contributed by atoms with E-state index >= 15 is 4.39 Å². The molecule has 3 aromatic heterocycles. The van der Waals surface area contributed by atoms with Gasteiger partial charge in [-0.05, 0) is 38.5 Å². The van der Waals surface area contributed by atoms with Crippen LogP contribution in [0, 0.1) is 18.7 Å². The summed E-state index contributed by atoms with van der Waals surface area (Å²) in [4.78, 5) is 29.8. The normalized spacial score (nSPS) is 24.2. The van der Waals surface area contributed by atoms with Crippen molar-refractivity contribution in [1.82, 2.24) is 25.6 Å². The Morgan fingerprint density at radius 2 is 2.21 bits per heavy atom. The van der Waals surface area contributed by atoms with Gasteiger partial charge in [-0.1, -0.05) is 0 Å². The van der Waals surface area contributed by atoms with E-state index in [1.165, 1.54) is 11.3 Å². The van der Waals surface area contributed by atoms with Gasteiger partial charge in [0.05, 0.1) is 11.1 Å². The lowest BCUT2D eigenvalue weighted by atomic mass is 9.91. The van der Waals surface area contributed by atoms with Crippen LogP contribution in [-0.2, 0) is 12.8 Å². The van der Waals surface area contributed by atoms with Crippen LogP contribution in [0.1, 0.15) is 39.6 Å². The minimum Gasteiger partial charge on any atom is -0.397 e. The smallest absolute Gasteiger partial charge is 0.263 e. The Bertz CT molecular complexity index is 1260. The molecule has 0 aromatic carbocycles. The molecule has 33 heavy (non-hydrogen) atoms. The summed E-state index contributed by atoms with van der Waals surface area (Å²) >= 11 is 1.26. The number of aryl methyl sites for hydroxylation is 2. The maximum Gasteiger partial charge on any atom is 0.263 e. The molecule has 2 aliphatic heterocycles. The van der Waals surface area contributed by atoms with Crippen molar-refractivity contribution < 1.29 is 9.18 Å². The minimum atomic E-state index is -0.247. The molecule has 3 atom stereocenters. The highest BCUT2D eigenvalue weighted by Gasteiger charge is 2.39. The number of nitrogen functional groups attached to an aromatic ring is 1. The van der Waals surface area contributed by atoms with E-state index in [0.717, 1.165) is 37.6 Å². The molecule has 3 aliphatic rings. The molecule has 1 aliphatic carbocycles. The van der Waals surface area contributed by atoms with Crippen LogP contribution in [-0.4, -0.2) is 52.6 Å². The highest BCUT2D eigenvalue weighted by Crippen LogP contribution is 2.35. The van der Waals surface area contributed by atoms with E-state index < -0.39 is 0 Å². The van der Waals surface area contributed by atoms with Gasteiger partial charge in [0.2, 0.25) is 0 Å². The van der Waals surface area contributed by atoms with Crippen molar-refractivity contribution in [2.75, 3.05) is 30.3 Å². The van der Waals surface area contributed by atoms with Gasteiger partial charge in [-0.15, -0.1) is 11.3 Å². The largest absolute Gasteiger partial charge is 0.397 e. The quantitative estimate of drug-likeness (QED) is 0.542. The highest BCUT2D eigenvalue weighted by molar-refractivity contribution is 7.21. The van der Waals surface area contributed by atoms with Crippen molar-refractivity contribution >= 4 is 39.0 Å². The second-order valence-corrected chi connectivity index (χ2v) is 10.2. The summed E-state index contributed by atoms with van der Waals surface area (Å²) in [7, 11) is 0. The van der Waals surface area contributed by atoms with Crippen molar-refractivity contribution in [3.05, 3.63) is 40.0 Å². The van der Waals surface area contributed by atoms with Crippen molar-refractivity contribution in [2.45, 2.75) is 44.7 Å². The number of nitrogens with two attached hydrogens (primary N) is 1. The summed E-state index contributed by atoms with van der Waals surface area (Å²) in [6, 6.07) is 1.82. The Morgan fingerprint density at radius 1 is 1.33 bits per heavy atom. The lowest BCUT2D eigenvalue weighted by Gasteiger charge is -2.29. The molecule has 2 fully saturated rings. The lowest BCUT2D eigenvalue weighted by molar-refractivity contribution is 0.0938. The Labute approximate surface area is 194 Å². The molecule has 5 heterocycles. The van der Waals surface area contributed by atoms with E-state index in [-0.39, 0.29) is 17.8 Å². The van der Waals surface area contributed by atoms with Gasteiger partial charge in [-0.2, -0.15) is 0 Å². The molecule has 0 saturated carbocycles. The third kappa shape index (κ3) is 3.52. The molecule has 172 valence electrons. The number of carbonyl (C=O) groups excluding carboxylic acids is 1. The van der Waals surface area contributed by atoms with Gasteiger partial charge in [0.15, 0.2) is 0 Å². The van der Waals surface area contributed by atoms with Gasteiger partial charge in [0, 0.05) is 55.2 Å². The number of amides is 1. The average Bonchev–Trinajstić information content (AvgIpc) is 3.49. The van der Waals surface area contributed by atoms with Crippen LogP contribution in [0.4, 0.5) is 15.9 Å². The Balaban J connectivity index is 1.20. The number of halogens is 1. The van der Waals surface area contributed by atoms with Crippen LogP contribution in [0.2, 0.25) is 0 Å². The molecular formula is C23H26FN7OS. The first-order valence-corrected chi connectivity index (χ1v) is 12.3. The van der Waals surface area contributed by atoms with Crippen molar-refractivity contribution in [1.29, 1.82) is 0 Å². The number of thiophene rings is 1. The molecule has 0 radical (unpaired) electrons. The van der Waals surface area contributed by atoms with Crippen LogP contribution in [0.25, 0.3) is 10.2 Å². The molecular weight excluding hydrogens is 441 g/mol. The van der Waals surface area contributed by atoms with E-state index in [2.05, 4.69) is 25.5 Å². The Kier molecular flexibility index (Phi) is 4.95. The summed E-state index contributed by atoms with van der Waals surface area (Å²) in [5.41, 5.74) is 8.02. The fourth-order valence-corrected chi connectivity index (χ4v) is 6.48. The number of nitrogens with zero attached hydrogens (tertiary/aromatic N) is 4. The molecule has 4 N–H and O–H groups in total. The average molecular weight is 468 g/mol. The second-order valence-electron chi connectivity index (χ2n) is 9.25. The van der Waals surface area contributed by atoms with Gasteiger partial charge in [-0.25, -0.2) is 19.3 Å². The van der Waals surface area contributed by atoms with Crippen LogP contribution < -0.4 is 21.3 Å². The van der Waals surface area contributed by atoms with Gasteiger partial charge in [-0.3, -0.25) is 4.79 Å². The number of rotatable bonds is 3. The second kappa shape index (κ2) is 7.88. The first-order valence-electron chi connectivity index (χ1n) is 11.5. The molecule has 3 unspecified atom stereocenters. The Hall–Kier alpha value is -2.85. The molecule has 10 heteroatoms. The first-order chi connectivity index (χ1) is 16.0. The monoisotopic (exact) mass is 467 g/mol. The topological polar surface area (TPSA) is 109 Å². The zero-order valence-electron chi connectivity index (χ0n) is 18.4. The SMILES string of the molecule is Cc1ncc2c(N)c(C(=O)NC3CCc4nc(N5CCC6CNCC65)cc(F)c4C3)sc2n1. The Morgan fingerprint density at radius 3 is 3.09 bits per heavy atom. The van der Waals surface area contributed by atoms with Crippen LogP contribution in [0.5, 0.6) is 0 Å². The predicted molar refractivity (Wildman–Crippen MR) is 126 cm³/mol. The molecule has 1 amide bonds. The third-order valence-corrected chi connectivity index (χ3v) is 8.32. The summed E-state index contributed by atoms with van der Waals surface area (Å²) < 4.78 is 15.2. The number of carbonyl (C=O) groups is 1. The van der Waals surface area contributed by atoms with Gasteiger partial charge in [0.1, 0.15) is 27.2 Å². The standard InChI is InChI=1S/C23H26FN7OS/c1-11-27-9-15-20(25)21(33-23(15)28-11)22(32)29-13-2-3-17-14(6-13)16(24)7-19(30-17)31-5-4-12-8-26-10-18(12)31/h7,9,12-13,18,26H,2-6,8,10,25H2,1H3,(H,29,32). The maximum absolute atomic E-state index is 15.2. The molecule has 6 rings (SSSR count). The van der Waals surface area contributed by atoms with E-state index in [4.69, 9.17) is 10.7 Å². The zero-order chi connectivity index (χ0) is 22.7. The fourth-order valence-electron chi connectivity index (χ4n) is 5.47. The van der Waals surface area contributed by atoms with Gasteiger partial charge in [0.25, 0.3) is 5.91 Å². The van der Waals surface area contributed by atoms with Crippen LogP contribution >= 0.6 is 11.3 Å². The molecule has 0 bridgehead atoms. The van der Waals surface area contributed by atoms with Gasteiger partial charge < -0.3 is 21.3 Å². The van der Waals surface area contributed by atoms with Crippen molar-refractivity contribution in [3.8, 4) is 0 Å².